The number of rotatable bonds is 8. The number of methoxy groups -OCH3 is 1. The number of para-hydroxylation sites is 1. The molecule has 0 aliphatic heterocycles. The fourth-order valence-corrected chi connectivity index (χ4v) is 3.30. The van der Waals surface area contributed by atoms with Crippen LogP contribution in [-0.2, 0) is 9.53 Å². The molecule has 0 N–H and O–H groups in total. The van der Waals surface area contributed by atoms with Gasteiger partial charge in [-0.25, -0.2) is 0 Å². The van der Waals surface area contributed by atoms with Gasteiger partial charge in [-0.05, 0) is 30.4 Å². The van der Waals surface area contributed by atoms with Gasteiger partial charge in [-0.1, -0.05) is 58.7 Å². The number of hydrogen-bond acceptors (Lipinski definition) is 3. The van der Waals surface area contributed by atoms with Gasteiger partial charge in [0.1, 0.15) is 5.75 Å². The van der Waals surface area contributed by atoms with E-state index in [-0.39, 0.29) is 23.2 Å². The molecule has 0 saturated heterocycles. The van der Waals surface area contributed by atoms with Gasteiger partial charge in [-0.2, -0.15) is 0 Å². The van der Waals surface area contributed by atoms with E-state index in [4.69, 9.17) is 9.47 Å². The van der Waals surface area contributed by atoms with Crippen LogP contribution in [0.4, 0.5) is 0 Å². The van der Waals surface area contributed by atoms with Crippen LogP contribution >= 0.6 is 0 Å². The van der Waals surface area contributed by atoms with E-state index in [2.05, 4.69) is 33.8 Å². The molecule has 2 atom stereocenters. The monoisotopic (exact) mass is 320 g/mol. The second-order valence-corrected chi connectivity index (χ2v) is 7.09. The topological polar surface area (TPSA) is 35.5 Å². The molecule has 2 unspecified atom stereocenters. The first-order chi connectivity index (χ1) is 10.9. The van der Waals surface area contributed by atoms with Gasteiger partial charge in [0.15, 0.2) is 0 Å². The zero-order chi connectivity index (χ0) is 17.5. The Hall–Kier alpha value is -1.51. The largest absolute Gasteiger partial charge is 0.496 e. The van der Waals surface area contributed by atoms with Crippen molar-refractivity contribution in [2.45, 2.75) is 59.8 Å². The molecule has 0 radical (unpaired) electrons. The summed E-state index contributed by atoms with van der Waals surface area (Å²) in [4.78, 5) is 12.6. The van der Waals surface area contributed by atoms with Crippen molar-refractivity contribution >= 4 is 5.97 Å². The number of benzene rings is 1. The Morgan fingerprint density at radius 2 is 1.83 bits per heavy atom. The van der Waals surface area contributed by atoms with Crippen LogP contribution < -0.4 is 4.74 Å². The fourth-order valence-electron chi connectivity index (χ4n) is 3.30. The lowest BCUT2D eigenvalue weighted by molar-refractivity contribution is -0.150. The smallest absolute Gasteiger partial charge is 0.309 e. The van der Waals surface area contributed by atoms with Crippen LogP contribution in [0.15, 0.2) is 24.3 Å². The zero-order valence-corrected chi connectivity index (χ0v) is 15.5. The van der Waals surface area contributed by atoms with Crippen molar-refractivity contribution in [3.8, 4) is 5.75 Å². The highest BCUT2D eigenvalue weighted by Crippen LogP contribution is 2.46. The molecule has 0 saturated carbocycles. The van der Waals surface area contributed by atoms with E-state index in [1.807, 2.05) is 25.1 Å². The van der Waals surface area contributed by atoms with Crippen LogP contribution in [0.3, 0.4) is 0 Å². The Morgan fingerprint density at radius 1 is 1.17 bits per heavy atom. The molecule has 1 aromatic carbocycles. The molecule has 0 bridgehead atoms. The zero-order valence-electron chi connectivity index (χ0n) is 15.5. The van der Waals surface area contributed by atoms with Gasteiger partial charge in [0.25, 0.3) is 0 Å². The minimum absolute atomic E-state index is 0.0595. The van der Waals surface area contributed by atoms with E-state index >= 15 is 0 Å². The minimum Gasteiger partial charge on any atom is -0.496 e. The summed E-state index contributed by atoms with van der Waals surface area (Å²) in [7, 11) is 1.68. The van der Waals surface area contributed by atoms with Crippen molar-refractivity contribution in [2.24, 2.45) is 11.3 Å². The summed E-state index contributed by atoms with van der Waals surface area (Å²) < 4.78 is 11.0. The molecule has 0 aliphatic rings. The van der Waals surface area contributed by atoms with E-state index in [1.54, 1.807) is 7.11 Å². The van der Waals surface area contributed by atoms with Gasteiger partial charge >= 0.3 is 5.97 Å². The molecule has 0 spiro atoms. The second kappa shape index (κ2) is 8.95. The number of esters is 1. The van der Waals surface area contributed by atoms with Gasteiger partial charge < -0.3 is 9.47 Å². The Labute approximate surface area is 141 Å². The van der Waals surface area contributed by atoms with Crippen molar-refractivity contribution in [2.75, 3.05) is 13.7 Å². The summed E-state index contributed by atoms with van der Waals surface area (Å²) in [6, 6.07) is 8.02. The third-order valence-corrected chi connectivity index (χ3v) is 4.27. The van der Waals surface area contributed by atoms with Crippen LogP contribution in [0.2, 0.25) is 0 Å². The first-order valence-electron chi connectivity index (χ1n) is 8.66. The van der Waals surface area contributed by atoms with Crippen molar-refractivity contribution in [3.63, 3.8) is 0 Å². The SMILES string of the molecule is CCCCC(C(=O)OCC)C(c1ccccc1OC)C(C)(C)C. The predicted molar refractivity (Wildman–Crippen MR) is 94.8 cm³/mol. The summed E-state index contributed by atoms with van der Waals surface area (Å²) in [5.74, 6) is 0.667. The first-order valence-corrected chi connectivity index (χ1v) is 8.66. The molecule has 3 nitrogen and oxygen atoms in total. The number of carbonyl (C=O) groups is 1. The molecule has 0 fully saturated rings. The molecular weight excluding hydrogens is 288 g/mol. The lowest BCUT2D eigenvalue weighted by atomic mass is 9.68. The maximum atomic E-state index is 12.6. The molecular formula is C20H32O3. The van der Waals surface area contributed by atoms with Crippen LogP contribution in [-0.4, -0.2) is 19.7 Å². The Morgan fingerprint density at radius 3 is 2.35 bits per heavy atom. The maximum absolute atomic E-state index is 12.6. The molecule has 3 heteroatoms. The van der Waals surface area contributed by atoms with Gasteiger partial charge in [0.05, 0.1) is 19.6 Å². The molecule has 0 amide bonds. The lowest BCUT2D eigenvalue weighted by Crippen LogP contribution is -2.33. The van der Waals surface area contributed by atoms with Crippen LogP contribution in [0.1, 0.15) is 65.4 Å². The second-order valence-electron chi connectivity index (χ2n) is 7.09. The number of carbonyl (C=O) groups excluding carboxylic acids is 1. The van der Waals surface area contributed by atoms with Crippen molar-refractivity contribution in [1.82, 2.24) is 0 Å². The Bertz CT molecular complexity index is 488. The van der Waals surface area contributed by atoms with Gasteiger partial charge in [0, 0.05) is 5.92 Å². The van der Waals surface area contributed by atoms with E-state index in [1.165, 1.54) is 0 Å². The van der Waals surface area contributed by atoms with E-state index in [9.17, 15) is 4.79 Å². The quantitative estimate of drug-likeness (QED) is 0.618. The first kappa shape index (κ1) is 19.5. The van der Waals surface area contributed by atoms with Gasteiger partial charge in [-0.3, -0.25) is 4.79 Å². The average Bonchev–Trinajstić information content (AvgIpc) is 2.50. The molecule has 23 heavy (non-hydrogen) atoms. The minimum atomic E-state index is -0.147. The average molecular weight is 320 g/mol. The highest BCUT2D eigenvalue weighted by atomic mass is 16.5. The number of ether oxygens (including phenoxy) is 2. The summed E-state index contributed by atoms with van der Waals surface area (Å²) in [6.45, 7) is 11.0. The fraction of sp³-hybridized carbons (Fsp3) is 0.650. The summed E-state index contributed by atoms with van der Waals surface area (Å²) in [5.41, 5.74) is 1.02. The molecule has 1 rings (SSSR count). The Balaban J connectivity index is 3.32. The van der Waals surface area contributed by atoms with Gasteiger partial charge in [0.2, 0.25) is 0 Å². The van der Waals surface area contributed by atoms with Crippen LogP contribution in [0, 0.1) is 11.3 Å². The maximum Gasteiger partial charge on any atom is 0.309 e. The summed E-state index contributed by atoms with van der Waals surface area (Å²) in [6.07, 6.45) is 2.93. The van der Waals surface area contributed by atoms with E-state index in [0.717, 1.165) is 30.6 Å². The van der Waals surface area contributed by atoms with Crippen LogP contribution in [0.5, 0.6) is 5.75 Å². The standard InChI is InChI=1S/C20H32O3/c1-7-9-12-16(19(21)23-8-2)18(20(3,4)5)15-13-10-11-14-17(15)22-6/h10-11,13-14,16,18H,7-9,12H2,1-6H3. The van der Waals surface area contributed by atoms with Gasteiger partial charge in [-0.15, -0.1) is 0 Å². The summed E-state index contributed by atoms with van der Waals surface area (Å²) in [5, 5.41) is 0. The van der Waals surface area contributed by atoms with Crippen molar-refractivity contribution < 1.29 is 14.3 Å². The summed E-state index contributed by atoms with van der Waals surface area (Å²) >= 11 is 0. The van der Waals surface area contributed by atoms with Crippen molar-refractivity contribution in [1.29, 1.82) is 0 Å². The van der Waals surface area contributed by atoms with E-state index in [0.29, 0.717) is 6.61 Å². The molecule has 130 valence electrons. The lowest BCUT2D eigenvalue weighted by Gasteiger charge is -2.37. The predicted octanol–water partition coefficient (Wildman–Crippen LogP) is 5.19. The highest BCUT2D eigenvalue weighted by molar-refractivity contribution is 5.74. The van der Waals surface area contributed by atoms with Crippen LogP contribution in [0.25, 0.3) is 0 Å². The highest BCUT2D eigenvalue weighted by Gasteiger charge is 2.39. The molecule has 1 aromatic rings. The number of unbranched alkanes of at least 4 members (excludes halogenated alkanes) is 1. The molecule has 0 aromatic heterocycles. The third-order valence-electron chi connectivity index (χ3n) is 4.27. The normalized spacial score (nSPS) is 14.2. The van der Waals surface area contributed by atoms with Crippen molar-refractivity contribution in [3.05, 3.63) is 29.8 Å². The Kier molecular flexibility index (Phi) is 7.60. The number of hydrogen-bond donors (Lipinski definition) is 0. The molecule has 0 aliphatic carbocycles. The third kappa shape index (κ3) is 5.26. The van der Waals surface area contributed by atoms with E-state index < -0.39 is 0 Å². The molecule has 0 heterocycles.